The van der Waals surface area contributed by atoms with Crippen molar-refractivity contribution >= 4 is 5.91 Å². The van der Waals surface area contributed by atoms with E-state index in [4.69, 9.17) is 9.84 Å². The van der Waals surface area contributed by atoms with Gasteiger partial charge in [0.15, 0.2) is 0 Å². The lowest BCUT2D eigenvalue weighted by molar-refractivity contribution is -0.125. The van der Waals surface area contributed by atoms with Crippen LogP contribution in [0.25, 0.3) is 0 Å². The molecule has 1 heterocycles. The summed E-state index contributed by atoms with van der Waals surface area (Å²) in [6, 6.07) is 0.110. The number of amides is 1. The molecule has 1 saturated heterocycles. The summed E-state index contributed by atoms with van der Waals surface area (Å²) in [7, 11) is 0. The van der Waals surface area contributed by atoms with Crippen LogP contribution in [0.4, 0.5) is 0 Å². The van der Waals surface area contributed by atoms with Crippen LogP contribution in [0.2, 0.25) is 0 Å². The second kappa shape index (κ2) is 5.95. The molecule has 0 radical (unpaired) electrons. The molecule has 1 aliphatic rings. The molecule has 0 aliphatic carbocycles. The summed E-state index contributed by atoms with van der Waals surface area (Å²) in [5, 5.41) is 14.4. The van der Waals surface area contributed by atoms with Crippen LogP contribution in [0.1, 0.15) is 6.92 Å². The largest absolute Gasteiger partial charge is 0.395 e. The first-order chi connectivity index (χ1) is 6.79. The molecule has 0 saturated carbocycles. The van der Waals surface area contributed by atoms with E-state index >= 15 is 0 Å². The monoisotopic (exact) mass is 202 g/mol. The van der Waals surface area contributed by atoms with Crippen molar-refractivity contribution in [3.8, 4) is 0 Å². The summed E-state index contributed by atoms with van der Waals surface area (Å²) in [4.78, 5) is 11.5. The Morgan fingerprint density at radius 1 is 1.57 bits per heavy atom. The summed E-state index contributed by atoms with van der Waals surface area (Å²) < 4.78 is 5.24. The number of ether oxygens (including phenoxy) is 1. The Labute approximate surface area is 83.8 Å². The van der Waals surface area contributed by atoms with Crippen molar-refractivity contribution in [2.45, 2.75) is 13.0 Å². The third-order valence-electron chi connectivity index (χ3n) is 2.29. The third kappa shape index (κ3) is 2.94. The zero-order valence-corrected chi connectivity index (χ0v) is 8.45. The van der Waals surface area contributed by atoms with E-state index < -0.39 is 0 Å². The number of carbonyl (C=O) groups is 1. The number of aliphatic hydroxyl groups is 1. The molecule has 5 heteroatoms. The summed E-state index contributed by atoms with van der Waals surface area (Å²) in [6.07, 6.45) is 0. The van der Waals surface area contributed by atoms with Crippen LogP contribution in [-0.2, 0) is 9.53 Å². The van der Waals surface area contributed by atoms with E-state index in [9.17, 15) is 4.79 Å². The number of rotatable bonds is 5. The van der Waals surface area contributed by atoms with Gasteiger partial charge in [0.2, 0.25) is 5.91 Å². The van der Waals surface area contributed by atoms with Crippen LogP contribution < -0.4 is 10.6 Å². The zero-order chi connectivity index (χ0) is 10.4. The molecular weight excluding hydrogens is 184 g/mol. The van der Waals surface area contributed by atoms with Gasteiger partial charge in [-0.2, -0.15) is 0 Å². The highest BCUT2D eigenvalue weighted by molar-refractivity contribution is 5.79. The maximum absolute atomic E-state index is 11.5. The highest BCUT2D eigenvalue weighted by Crippen LogP contribution is 2.13. The quantitative estimate of drug-likeness (QED) is 0.519. The van der Waals surface area contributed by atoms with Gasteiger partial charge in [0.05, 0.1) is 25.7 Å². The molecule has 0 aromatic rings. The van der Waals surface area contributed by atoms with Gasteiger partial charge in [0, 0.05) is 12.6 Å². The second-order valence-electron chi connectivity index (χ2n) is 3.32. The van der Waals surface area contributed by atoms with E-state index in [1.807, 2.05) is 6.92 Å². The molecule has 1 amide bonds. The fourth-order valence-corrected chi connectivity index (χ4v) is 1.59. The predicted octanol–water partition coefficient (Wildman–Crippen LogP) is -1.28. The van der Waals surface area contributed by atoms with Gasteiger partial charge in [-0.1, -0.05) is 6.92 Å². The number of hydrogen-bond acceptors (Lipinski definition) is 4. The highest BCUT2D eigenvalue weighted by Gasteiger charge is 2.32. The number of nitrogens with one attached hydrogen (secondary N) is 2. The number of likely N-dealkylation sites (N-methyl/N-ethyl adjacent to an activating group) is 1. The Morgan fingerprint density at radius 2 is 2.36 bits per heavy atom. The van der Waals surface area contributed by atoms with Crippen LogP contribution in [0.3, 0.4) is 0 Å². The molecule has 1 rings (SSSR count). The van der Waals surface area contributed by atoms with Crippen molar-refractivity contribution < 1.29 is 14.6 Å². The summed E-state index contributed by atoms with van der Waals surface area (Å²) in [5.41, 5.74) is 0. The third-order valence-corrected chi connectivity index (χ3v) is 2.29. The zero-order valence-electron chi connectivity index (χ0n) is 8.45. The fourth-order valence-electron chi connectivity index (χ4n) is 1.59. The van der Waals surface area contributed by atoms with Crippen molar-refractivity contribution in [2.75, 3.05) is 32.9 Å². The van der Waals surface area contributed by atoms with Crippen LogP contribution >= 0.6 is 0 Å². The lowest BCUT2D eigenvalue weighted by Crippen LogP contribution is -2.44. The smallest absolute Gasteiger partial charge is 0.227 e. The minimum atomic E-state index is -0.124. The van der Waals surface area contributed by atoms with E-state index in [0.29, 0.717) is 19.8 Å². The number of aliphatic hydroxyl groups excluding tert-OH is 1. The summed E-state index contributed by atoms with van der Waals surface area (Å²) in [6.45, 7) is 4.18. The molecule has 82 valence electrons. The molecule has 14 heavy (non-hydrogen) atoms. The molecule has 1 fully saturated rings. The van der Waals surface area contributed by atoms with Crippen LogP contribution in [0.15, 0.2) is 0 Å². The van der Waals surface area contributed by atoms with Gasteiger partial charge in [-0.25, -0.2) is 0 Å². The molecule has 1 aliphatic heterocycles. The molecule has 0 bridgehead atoms. The lowest BCUT2D eigenvalue weighted by Gasteiger charge is -2.17. The van der Waals surface area contributed by atoms with Crippen molar-refractivity contribution in [3.05, 3.63) is 0 Å². The van der Waals surface area contributed by atoms with Crippen molar-refractivity contribution in [3.63, 3.8) is 0 Å². The molecule has 2 unspecified atom stereocenters. The standard InChI is InChI=1S/C9H18N2O3/c1-2-10-8-6-14-5-7(8)9(13)11-3-4-12/h7-8,10,12H,2-6H2,1H3,(H,11,13). The number of hydrogen-bond donors (Lipinski definition) is 3. The SMILES string of the molecule is CCNC1COCC1C(=O)NCCO. The molecule has 0 aromatic heterocycles. The Morgan fingerprint density at radius 3 is 3.00 bits per heavy atom. The first-order valence-electron chi connectivity index (χ1n) is 4.99. The van der Waals surface area contributed by atoms with Gasteiger partial charge in [-0.3, -0.25) is 4.79 Å². The first kappa shape index (κ1) is 11.4. The second-order valence-corrected chi connectivity index (χ2v) is 3.32. The molecule has 0 spiro atoms. The molecule has 2 atom stereocenters. The summed E-state index contributed by atoms with van der Waals surface area (Å²) >= 11 is 0. The van der Waals surface area contributed by atoms with E-state index in [0.717, 1.165) is 6.54 Å². The van der Waals surface area contributed by atoms with E-state index in [2.05, 4.69) is 10.6 Å². The Balaban J connectivity index is 2.36. The van der Waals surface area contributed by atoms with Gasteiger partial charge >= 0.3 is 0 Å². The van der Waals surface area contributed by atoms with Gasteiger partial charge in [0.25, 0.3) is 0 Å². The Kier molecular flexibility index (Phi) is 4.86. The normalized spacial score (nSPS) is 26.4. The topological polar surface area (TPSA) is 70.6 Å². The number of carbonyl (C=O) groups excluding carboxylic acids is 1. The molecule has 3 N–H and O–H groups in total. The van der Waals surface area contributed by atoms with Crippen molar-refractivity contribution in [2.24, 2.45) is 5.92 Å². The molecular formula is C9H18N2O3. The Bertz CT molecular complexity index is 187. The average molecular weight is 202 g/mol. The van der Waals surface area contributed by atoms with Gasteiger partial charge in [0.1, 0.15) is 0 Å². The molecule has 0 aromatic carbocycles. The van der Waals surface area contributed by atoms with Crippen molar-refractivity contribution in [1.29, 1.82) is 0 Å². The van der Waals surface area contributed by atoms with E-state index in [-0.39, 0.29) is 24.5 Å². The minimum absolute atomic E-state index is 0.0226. The van der Waals surface area contributed by atoms with Gasteiger partial charge in [-0.15, -0.1) is 0 Å². The van der Waals surface area contributed by atoms with E-state index in [1.54, 1.807) is 0 Å². The maximum atomic E-state index is 11.5. The van der Waals surface area contributed by atoms with E-state index in [1.165, 1.54) is 0 Å². The van der Waals surface area contributed by atoms with Crippen molar-refractivity contribution in [1.82, 2.24) is 10.6 Å². The van der Waals surface area contributed by atoms with Crippen LogP contribution in [-0.4, -0.2) is 50.0 Å². The fraction of sp³-hybridized carbons (Fsp3) is 0.889. The minimum Gasteiger partial charge on any atom is -0.395 e. The van der Waals surface area contributed by atoms with Gasteiger partial charge < -0.3 is 20.5 Å². The highest BCUT2D eigenvalue weighted by atomic mass is 16.5. The van der Waals surface area contributed by atoms with Crippen LogP contribution in [0.5, 0.6) is 0 Å². The summed E-state index contributed by atoms with van der Waals surface area (Å²) in [5.74, 6) is -0.163. The molecule has 5 nitrogen and oxygen atoms in total. The first-order valence-corrected chi connectivity index (χ1v) is 4.99. The lowest BCUT2D eigenvalue weighted by atomic mass is 10.0. The Hall–Kier alpha value is -0.650. The maximum Gasteiger partial charge on any atom is 0.227 e. The van der Waals surface area contributed by atoms with Gasteiger partial charge in [-0.05, 0) is 6.54 Å². The average Bonchev–Trinajstić information content (AvgIpc) is 2.63. The van der Waals surface area contributed by atoms with Crippen LogP contribution in [0, 0.1) is 5.92 Å². The predicted molar refractivity (Wildman–Crippen MR) is 51.9 cm³/mol.